The van der Waals surface area contributed by atoms with Crippen molar-refractivity contribution in [2.45, 2.75) is 20.0 Å². The molecule has 0 spiro atoms. The van der Waals surface area contributed by atoms with Crippen LogP contribution in [0.4, 0.5) is 5.69 Å². The number of ether oxygens (including phenoxy) is 2. The zero-order valence-corrected chi connectivity index (χ0v) is 12.6. The molecule has 0 saturated heterocycles. The molecule has 0 aromatic heterocycles. The van der Waals surface area contributed by atoms with Gasteiger partial charge < -0.3 is 14.8 Å². The minimum Gasteiger partial charge on any atom is -0.451 e. The second-order valence-corrected chi connectivity index (χ2v) is 4.79. The first-order valence-electron chi connectivity index (χ1n) is 5.96. The van der Waals surface area contributed by atoms with Crippen LogP contribution in [0.3, 0.4) is 0 Å². The van der Waals surface area contributed by atoms with Gasteiger partial charge in [0.2, 0.25) is 0 Å². The fourth-order valence-corrected chi connectivity index (χ4v) is 1.87. The molecule has 0 saturated carbocycles. The van der Waals surface area contributed by atoms with Crippen molar-refractivity contribution in [1.29, 1.82) is 0 Å². The topological polar surface area (TPSA) is 64.6 Å². The first kappa shape index (κ1) is 16.8. The van der Waals surface area contributed by atoms with Gasteiger partial charge in [0.25, 0.3) is 5.91 Å². The Balaban J connectivity index is 2.55. The fraction of sp³-hybridized carbons (Fsp3) is 0.385. The third-order valence-corrected chi connectivity index (χ3v) is 2.67. The van der Waals surface area contributed by atoms with E-state index in [9.17, 15) is 9.59 Å². The Bertz CT molecular complexity index is 473. The lowest BCUT2D eigenvalue weighted by Gasteiger charge is -2.13. The highest BCUT2D eigenvalue weighted by Crippen LogP contribution is 2.22. The number of hydrogen-bond acceptors (Lipinski definition) is 4. The molecule has 7 heteroatoms. The van der Waals surface area contributed by atoms with Crippen molar-refractivity contribution in [1.82, 2.24) is 0 Å². The van der Waals surface area contributed by atoms with Crippen LogP contribution in [0.5, 0.6) is 0 Å². The van der Waals surface area contributed by atoms with Gasteiger partial charge in [0.15, 0.2) is 6.10 Å². The molecule has 0 aliphatic rings. The Morgan fingerprint density at radius 3 is 2.40 bits per heavy atom. The average Bonchev–Trinajstić information content (AvgIpc) is 2.34. The van der Waals surface area contributed by atoms with Crippen LogP contribution in [0, 0.1) is 0 Å². The molecule has 0 radical (unpaired) electrons. The summed E-state index contributed by atoms with van der Waals surface area (Å²) in [5.74, 6) is -1.08. The van der Waals surface area contributed by atoms with Gasteiger partial charge in [-0.25, -0.2) is 4.79 Å². The highest BCUT2D eigenvalue weighted by molar-refractivity contribution is 6.35. The number of carbonyl (C=O) groups excluding carboxylic acids is 2. The van der Waals surface area contributed by atoms with Crippen LogP contribution in [-0.4, -0.2) is 31.2 Å². The van der Waals surface area contributed by atoms with Crippen LogP contribution in [-0.2, 0) is 19.1 Å². The van der Waals surface area contributed by atoms with Gasteiger partial charge in [0, 0.05) is 22.3 Å². The van der Waals surface area contributed by atoms with E-state index >= 15 is 0 Å². The lowest BCUT2D eigenvalue weighted by atomic mass is 10.3. The van der Waals surface area contributed by atoms with Crippen molar-refractivity contribution in [3.05, 3.63) is 28.2 Å². The molecule has 20 heavy (non-hydrogen) atoms. The Labute approximate surface area is 127 Å². The number of hydrogen-bond donors (Lipinski definition) is 1. The van der Waals surface area contributed by atoms with E-state index in [1.807, 2.05) is 0 Å². The zero-order valence-electron chi connectivity index (χ0n) is 11.1. The van der Waals surface area contributed by atoms with E-state index in [0.29, 0.717) is 22.3 Å². The maximum absolute atomic E-state index is 11.8. The number of benzene rings is 1. The normalized spacial score (nSPS) is 11.8. The number of anilines is 1. The SMILES string of the molecule is CCOCC(=O)O[C@H](C)C(=O)Nc1cc(Cl)cc(Cl)c1. The number of halogens is 2. The lowest BCUT2D eigenvalue weighted by molar-refractivity contribution is -0.157. The summed E-state index contributed by atoms with van der Waals surface area (Å²) in [4.78, 5) is 23.1. The highest BCUT2D eigenvalue weighted by Gasteiger charge is 2.18. The fourth-order valence-electron chi connectivity index (χ4n) is 1.34. The van der Waals surface area contributed by atoms with E-state index in [1.165, 1.54) is 6.92 Å². The van der Waals surface area contributed by atoms with Gasteiger partial charge in [-0.3, -0.25) is 4.79 Å². The number of amides is 1. The molecule has 1 aromatic carbocycles. The van der Waals surface area contributed by atoms with Gasteiger partial charge in [-0.2, -0.15) is 0 Å². The number of esters is 1. The molecule has 110 valence electrons. The van der Waals surface area contributed by atoms with Gasteiger partial charge in [-0.1, -0.05) is 23.2 Å². The van der Waals surface area contributed by atoms with Crippen LogP contribution in [0.25, 0.3) is 0 Å². The smallest absolute Gasteiger partial charge is 0.332 e. The van der Waals surface area contributed by atoms with E-state index in [1.54, 1.807) is 25.1 Å². The minimum absolute atomic E-state index is 0.183. The average molecular weight is 320 g/mol. The van der Waals surface area contributed by atoms with Crippen molar-refractivity contribution < 1.29 is 19.1 Å². The summed E-state index contributed by atoms with van der Waals surface area (Å²) in [6, 6.07) is 4.63. The summed E-state index contributed by atoms with van der Waals surface area (Å²) in [6.07, 6.45) is -0.944. The number of rotatable bonds is 6. The first-order valence-corrected chi connectivity index (χ1v) is 6.72. The summed E-state index contributed by atoms with van der Waals surface area (Å²) >= 11 is 11.6. The molecule has 0 unspecified atom stereocenters. The highest BCUT2D eigenvalue weighted by atomic mass is 35.5. The molecule has 1 N–H and O–H groups in total. The molecule has 5 nitrogen and oxygen atoms in total. The Morgan fingerprint density at radius 1 is 1.25 bits per heavy atom. The van der Waals surface area contributed by atoms with Gasteiger partial charge in [-0.15, -0.1) is 0 Å². The summed E-state index contributed by atoms with van der Waals surface area (Å²) in [6.45, 7) is 3.44. The zero-order chi connectivity index (χ0) is 15.1. The van der Waals surface area contributed by atoms with Crippen molar-refractivity contribution in [3.63, 3.8) is 0 Å². The van der Waals surface area contributed by atoms with Gasteiger partial charge in [0.05, 0.1) is 0 Å². The van der Waals surface area contributed by atoms with Crippen molar-refractivity contribution in [3.8, 4) is 0 Å². The quantitative estimate of drug-likeness (QED) is 0.819. The molecule has 1 rings (SSSR count). The molecule has 0 heterocycles. The van der Waals surface area contributed by atoms with Crippen LogP contribution < -0.4 is 5.32 Å². The maximum Gasteiger partial charge on any atom is 0.332 e. The van der Waals surface area contributed by atoms with E-state index in [-0.39, 0.29) is 6.61 Å². The molecule has 1 atom stereocenters. The van der Waals surface area contributed by atoms with Crippen LogP contribution in [0.1, 0.15) is 13.8 Å². The summed E-state index contributed by atoms with van der Waals surface area (Å²) < 4.78 is 9.79. The second-order valence-electron chi connectivity index (χ2n) is 3.92. The van der Waals surface area contributed by atoms with Gasteiger partial charge >= 0.3 is 5.97 Å². The molecular weight excluding hydrogens is 305 g/mol. The minimum atomic E-state index is -0.944. The van der Waals surface area contributed by atoms with Gasteiger partial charge in [-0.05, 0) is 32.0 Å². The van der Waals surface area contributed by atoms with Crippen LogP contribution in [0.2, 0.25) is 10.0 Å². The van der Waals surface area contributed by atoms with E-state index in [4.69, 9.17) is 32.7 Å². The van der Waals surface area contributed by atoms with Crippen molar-refractivity contribution in [2.24, 2.45) is 0 Å². The largest absolute Gasteiger partial charge is 0.451 e. The molecule has 0 aliphatic heterocycles. The molecular formula is C13H15Cl2NO4. The van der Waals surface area contributed by atoms with E-state index in [0.717, 1.165) is 0 Å². The molecule has 0 aliphatic carbocycles. The van der Waals surface area contributed by atoms with Crippen molar-refractivity contribution in [2.75, 3.05) is 18.5 Å². The predicted octanol–water partition coefficient (Wildman–Crippen LogP) is 2.90. The summed E-state index contributed by atoms with van der Waals surface area (Å²) in [7, 11) is 0. The Hall–Kier alpha value is -1.30. The third-order valence-electron chi connectivity index (χ3n) is 2.23. The predicted molar refractivity (Wildman–Crippen MR) is 77.1 cm³/mol. The maximum atomic E-state index is 11.8. The van der Waals surface area contributed by atoms with Crippen molar-refractivity contribution >= 4 is 40.8 Å². The van der Waals surface area contributed by atoms with Crippen LogP contribution >= 0.6 is 23.2 Å². The standard InChI is InChI=1S/C13H15Cl2NO4/c1-3-19-7-12(17)20-8(2)13(18)16-11-5-9(14)4-10(15)6-11/h4-6,8H,3,7H2,1-2H3,(H,16,18)/t8-/m1/s1. The van der Waals surface area contributed by atoms with E-state index < -0.39 is 18.0 Å². The molecule has 0 bridgehead atoms. The number of nitrogens with one attached hydrogen (secondary N) is 1. The summed E-state index contributed by atoms with van der Waals surface area (Å²) in [5, 5.41) is 3.35. The third kappa shape index (κ3) is 5.77. The van der Waals surface area contributed by atoms with Gasteiger partial charge in [0.1, 0.15) is 6.61 Å². The first-order chi connectivity index (χ1) is 9.42. The summed E-state index contributed by atoms with van der Waals surface area (Å²) in [5.41, 5.74) is 0.431. The lowest BCUT2D eigenvalue weighted by Crippen LogP contribution is -2.31. The monoisotopic (exact) mass is 319 g/mol. The molecule has 1 amide bonds. The van der Waals surface area contributed by atoms with Crippen LogP contribution in [0.15, 0.2) is 18.2 Å². The number of carbonyl (C=O) groups is 2. The molecule has 0 fully saturated rings. The second kappa shape index (κ2) is 8.09. The van der Waals surface area contributed by atoms with E-state index in [2.05, 4.69) is 5.32 Å². The Morgan fingerprint density at radius 2 is 1.85 bits per heavy atom. The molecule has 1 aromatic rings. The Kier molecular flexibility index (Phi) is 6.78.